The monoisotopic (exact) mass is 237 g/mol. The maximum Gasteiger partial charge on any atom is 0.161 e. The van der Waals surface area contributed by atoms with Gasteiger partial charge in [-0.3, -0.25) is 0 Å². The molecule has 0 aromatic heterocycles. The minimum Gasteiger partial charge on any atom is -0.486 e. The summed E-state index contributed by atoms with van der Waals surface area (Å²) in [6.07, 6.45) is 0. The number of aliphatic hydroxyl groups is 1. The number of ether oxygens (including phenoxy) is 2. The van der Waals surface area contributed by atoms with Gasteiger partial charge in [0.15, 0.2) is 11.5 Å². The number of hydrogen-bond donors (Lipinski definition) is 2. The number of aliphatic hydroxyl groups excluding tert-OH is 1. The van der Waals surface area contributed by atoms with E-state index in [4.69, 9.17) is 15.2 Å². The largest absolute Gasteiger partial charge is 0.486 e. The van der Waals surface area contributed by atoms with E-state index in [2.05, 4.69) is 0 Å². The number of nitrogens with two attached hydrogens (primary N) is 1. The highest BCUT2D eigenvalue weighted by Crippen LogP contribution is 2.36. The van der Waals surface area contributed by atoms with E-state index in [-0.39, 0.29) is 18.1 Å². The van der Waals surface area contributed by atoms with Gasteiger partial charge in [-0.15, -0.1) is 0 Å². The van der Waals surface area contributed by atoms with Crippen LogP contribution in [0.1, 0.15) is 25.5 Å². The van der Waals surface area contributed by atoms with Crippen molar-refractivity contribution in [1.82, 2.24) is 0 Å². The second kappa shape index (κ2) is 4.55. The molecule has 0 saturated carbocycles. The Morgan fingerprint density at radius 1 is 1.29 bits per heavy atom. The van der Waals surface area contributed by atoms with E-state index in [0.29, 0.717) is 13.2 Å². The Bertz CT molecular complexity index is 404. The Morgan fingerprint density at radius 2 is 1.94 bits per heavy atom. The van der Waals surface area contributed by atoms with Crippen molar-refractivity contribution < 1.29 is 14.6 Å². The molecule has 0 bridgehead atoms. The van der Waals surface area contributed by atoms with Crippen LogP contribution >= 0.6 is 0 Å². The van der Waals surface area contributed by atoms with Crippen molar-refractivity contribution in [2.75, 3.05) is 19.8 Å². The Balaban J connectivity index is 2.28. The second-order valence-corrected chi connectivity index (χ2v) is 5.03. The summed E-state index contributed by atoms with van der Waals surface area (Å²) in [6.45, 7) is 5.07. The normalized spacial score (nSPS) is 16.7. The van der Waals surface area contributed by atoms with Crippen LogP contribution in [0.2, 0.25) is 0 Å². The fourth-order valence-electron chi connectivity index (χ4n) is 1.80. The zero-order valence-electron chi connectivity index (χ0n) is 10.3. The molecule has 0 spiro atoms. The molecule has 0 unspecified atom stereocenters. The van der Waals surface area contributed by atoms with Crippen LogP contribution in [0.3, 0.4) is 0 Å². The van der Waals surface area contributed by atoms with Crippen LogP contribution in [0.4, 0.5) is 0 Å². The summed E-state index contributed by atoms with van der Waals surface area (Å²) in [6, 6.07) is 5.46. The lowest BCUT2D eigenvalue weighted by atomic mass is 9.82. The summed E-state index contributed by atoms with van der Waals surface area (Å²) in [5.41, 5.74) is 6.75. The van der Waals surface area contributed by atoms with Gasteiger partial charge in [0.1, 0.15) is 13.2 Å². The Hall–Kier alpha value is -1.26. The molecule has 1 aromatic carbocycles. The second-order valence-electron chi connectivity index (χ2n) is 5.03. The maximum absolute atomic E-state index is 9.33. The van der Waals surface area contributed by atoms with Gasteiger partial charge in [0.05, 0.1) is 0 Å². The van der Waals surface area contributed by atoms with Crippen LogP contribution in [0, 0.1) is 5.41 Å². The van der Waals surface area contributed by atoms with E-state index in [1.165, 1.54) is 0 Å². The molecule has 0 amide bonds. The highest BCUT2D eigenvalue weighted by atomic mass is 16.6. The predicted molar refractivity (Wildman–Crippen MR) is 65.2 cm³/mol. The fraction of sp³-hybridized carbons (Fsp3) is 0.538. The summed E-state index contributed by atoms with van der Waals surface area (Å²) in [4.78, 5) is 0. The van der Waals surface area contributed by atoms with Crippen LogP contribution < -0.4 is 15.2 Å². The van der Waals surface area contributed by atoms with Gasteiger partial charge in [-0.25, -0.2) is 0 Å². The molecule has 1 atom stereocenters. The molecule has 94 valence electrons. The van der Waals surface area contributed by atoms with Crippen molar-refractivity contribution in [2.24, 2.45) is 11.1 Å². The first-order valence-electron chi connectivity index (χ1n) is 5.80. The van der Waals surface area contributed by atoms with Crippen LogP contribution in [0.5, 0.6) is 11.5 Å². The average Bonchev–Trinajstić information content (AvgIpc) is 2.37. The van der Waals surface area contributed by atoms with Crippen LogP contribution in [0.15, 0.2) is 18.2 Å². The molecule has 4 nitrogen and oxygen atoms in total. The molecular weight excluding hydrogens is 218 g/mol. The number of hydrogen-bond acceptors (Lipinski definition) is 4. The molecule has 0 fully saturated rings. The van der Waals surface area contributed by atoms with Gasteiger partial charge in [-0.2, -0.15) is 0 Å². The zero-order valence-corrected chi connectivity index (χ0v) is 10.3. The average molecular weight is 237 g/mol. The minimum absolute atomic E-state index is 0.0443. The molecule has 1 heterocycles. The maximum atomic E-state index is 9.33. The zero-order chi connectivity index (χ0) is 12.5. The van der Waals surface area contributed by atoms with E-state index in [9.17, 15) is 5.11 Å². The van der Waals surface area contributed by atoms with Crippen LogP contribution in [-0.2, 0) is 0 Å². The lowest BCUT2D eigenvalue weighted by molar-refractivity contribution is 0.131. The number of benzene rings is 1. The molecule has 1 aliphatic heterocycles. The summed E-state index contributed by atoms with van der Waals surface area (Å²) >= 11 is 0. The smallest absolute Gasteiger partial charge is 0.161 e. The first-order chi connectivity index (χ1) is 8.04. The molecular formula is C13H19NO3. The summed E-state index contributed by atoms with van der Waals surface area (Å²) in [5, 5.41) is 9.33. The standard InChI is InChI=1S/C13H19NO3/c1-13(2,8-15)12(14)9-3-4-10-11(7-9)17-6-5-16-10/h3-4,7,12,15H,5-6,8,14H2,1-2H3/t12-/m0/s1. The molecule has 0 aliphatic carbocycles. The first-order valence-corrected chi connectivity index (χ1v) is 5.80. The van der Waals surface area contributed by atoms with Crippen molar-refractivity contribution in [3.63, 3.8) is 0 Å². The molecule has 1 aromatic rings. The summed E-state index contributed by atoms with van der Waals surface area (Å²) in [7, 11) is 0. The van der Waals surface area contributed by atoms with Gasteiger partial charge in [-0.1, -0.05) is 19.9 Å². The van der Waals surface area contributed by atoms with E-state index in [1.807, 2.05) is 32.0 Å². The minimum atomic E-state index is -0.357. The van der Waals surface area contributed by atoms with Gasteiger partial charge in [0.25, 0.3) is 0 Å². The van der Waals surface area contributed by atoms with Crippen molar-refractivity contribution in [3.05, 3.63) is 23.8 Å². The van der Waals surface area contributed by atoms with Crippen molar-refractivity contribution in [3.8, 4) is 11.5 Å². The lowest BCUT2D eigenvalue weighted by Crippen LogP contribution is -2.32. The Kier molecular flexibility index (Phi) is 3.26. The first kappa shape index (κ1) is 12.2. The molecule has 1 aliphatic rings. The van der Waals surface area contributed by atoms with E-state index >= 15 is 0 Å². The summed E-state index contributed by atoms with van der Waals surface area (Å²) in [5.74, 6) is 1.49. The Labute approximate surface area is 101 Å². The molecule has 17 heavy (non-hydrogen) atoms. The third-order valence-electron chi connectivity index (χ3n) is 3.17. The van der Waals surface area contributed by atoms with Crippen LogP contribution in [-0.4, -0.2) is 24.9 Å². The highest BCUT2D eigenvalue weighted by molar-refractivity contribution is 5.44. The molecule has 0 saturated heterocycles. The number of fused-ring (bicyclic) bond motifs is 1. The molecule has 3 N–H and O–H groups in total. The van der Waals surface area contributed by atoms with Gasteiger partial charge in [0.2, 0.25) is 0 Å². The van der Waals surface area contributed by atoms with E-state index < -0.39 is 0 Å². The molecule has 2 rings (SSSR count). The molecule has 0 radical (unpaired) electrons. The topological polar surface area (TPSA) is 64.7 Å². The van der Waals surface area contributed by atoms with Crippen LogP contribution in [0.25, 0.3) is 0 Å². The van der Waals surface area contributed by atoms with Gasteiger partial charge in [-0.05, 0) is 17.7 Å². The predicted octanol–water partition coefficient (Wildman–Crippen LogP) is 1.48. The third kappa shape index (κ3) is 2.37. The van der Waals surface area contributed by atoms with E-state index in [1.54, 1.807) is 0 Å². The van der Waals surface area contributed by atoms with Crippen molar-refractivity contribution >= 4 is 0 Å². The van der Waals surface area contributed by atoms with Crippen molar-refractivity contribution in [2.45, 2.75) is 19.9 Å². The third-order valence-corrected chi connectivity index (χ3v) is 3.17. The van der Waals surface area contributed by atoms with Crippen molar-refractivity contribution in [1.29, 1.82) is 0 Å². The van der Waals surface area contributed by atoms with E-state index in [0.717, 1.165) is 17.1 Å². The summed E-state index contributed by atoms with van der Waals surface area (Å²) < 4.78 is 11.0. The van der Waals surface area contributed by atoms with Gasteiger partial charge in [0, 0.05) is 18.1 Å². The fourth-order valence-corrected chi connectivity index (χ4v) is 1.80. The highest BCUT2D eigenvalue weighted by Gasteiger charge is 2.28. The SMILES string of the molecule is CC(C)(CO)[C@@H](N)c1ccc2c(c1)OCCO2. The number of rotatable bonds is 3. The molecule has 4 heteroatoms. The lowest BCUT2D eigenvalue weighted by Gasteiger charge is -2.30. The quantitative estimate of drug-likeness (QED) is 0.835. The van der Waals surface area contributed by atoms with Gasteiger partial charge >= 0.3 is 0 Å². The van der Waals surface area contributed by atoms with Gasteiger partial charge < -0.3 is 20.3 Å². The Morgan fingerprint density at radius 3 is 2.59 bits per heavy atom.